The van der Waals surface area contributed by atoms with Gasteiger partial charge in [-0.15, -0.1) is 0 Å². The number of ether oxygens (including phenoxy) is 2. The standard InChI is InChI=1S/C35H63N3O6/c1-6-7-8-9-10-11-12-13-14-15-16-17-18-19-22-25-36-33(42)37-28-24-21-20-23-27(28)29(32(40)41)38-31(39)30-34(2,3)26-43-35(4,5)44-30/h13-14,27-30H,6-12,15-26H2,1-5H3,(H,38,39)(H,40,41)(H2,36,37,42). The lowest BCUT2D eigenvalue weighted by molar-refractivity contribution is -0.304. The van der Waals surface area contributed by atoms with Gasteiger partial charge in [0, 0.05) is 23.9 Å². The summed E-state index contributed by atoms with van der Waals surface area (Å²) in [6, 6.07) is -1.73. The molecule has 4 atom stereocenters. The third kappa shape index (κ3) is 14.3. The Morgan fingerprint density at radius 3 is 2.09 bits per heavy atom. The number of hydrogen-bond acceptors (Lipinski definition) is 5. The van der Waals surface area contributed by atoms with Gasteiger partial charge in [0.05, 0.1) is 6.61 Å². The van der Waals surface area contributed by atoms with Crippen LogP contribution in [0.5, 0.6) is 0 Å². The molecule has 2 aliphatic rings. The Hall–Kier alpha value is -2.13. The Morgan fingerprint density at radius 1 is 0.864 bits per heavy atom. The van der Waals surface area contributed by atoms with Crippen LogP contribution in [0.25, 0.3) is 0 Å². The summed E-state index contributed by atoms with van der Waals surface area (Å²) in [4.78, 5) is 38.4. The predicted octanol–water partition coefficient (Wildman–Crippen LogP) is 7.24. The first-order valence-corrected chi connectivity index (χ1v) is 17.5. The highest BCUT2D eigenvalue weighted by atomic mass is 16.7. The second-order valence-electron chi connectivity index (χ2n) is 14.0. The number of carboxylic acids is 1. The van der Waals surface area contributed by atoms with E-state index in [2.05, 4.69) is 35.0 Å². The molecule has 3 amide bonds. The smallest absolute Gasteiger partial charge is 0.326 e. The zero-order valence-electron chi connectivity index (χ0n) is 28.4. The van der Waals surface area contributed by atoms with Gasteiger partial charge >= 0.3 is 12.0 Å². The second kappa shape index (κ2) is 20.1. The van der Waals surface area contributed by atoms with Crippen LogP contribution < -0.4 is 16.0 Å². The SMILES string of the molecule is CCCCCCCCC=CCCCCCCCNC(=O)NC1CCCCC1C(NC(=O)C1OC(C)(C)OCC1(C)C)C(=O)O. The minimum atomic E-state index is -1.12. The van der Waals surface area contributed by atoms with Crippen LogP contribution in [0.15, 0.2) is 12.2 Å². The Labute approximate surface area is 267 Å². The van der Waals surface area contributed by atoms with Gasteiger partial charge in [-0.25, -0.2) is 9.59 Å². The molecule has 0 aromatic rings. The number of urea groups is 1. The zero-order valence-corrected chi connectivity index (χ0v) is 28.4. The molecule has 44 heavy (non-hydrogen) atoms. The molecule has 1 aliphatic carbocycles. The Morgan fingerprint density at radius 2 is 1.45 bits per heavy atom. The van der Waals surface area contributed by atoms with Crippen molar-refractivity contribution in [3.63, 3.8) is 0 Å². The quantitative estimate of drug-likeness (QED) is 0.0839. The highest BCUT2D eigenvalue weighted by molar-refractivity contribution is 5.87. The fraction of sp³-hybridized carbons (Fsp3) is 0.857. The van der Waals surface area contributed by atoms with Gasteiger partial charge in [0.25, 0.3) is 5.91 Å². The van der Waals surface area contributed by atoms with Crippen LogP contribution in [0.4, 0.5) is 4.79 Å². The normalized spacial score (nSPS) is 23.6. The first-order valence-electron chi connectivity index (χ1n) is 17.5. The zero-order chi connectivity index (χ0) is 32.4. The molecule has 0 radical (unpaired) electrons. The summed E-state index contributed by atoms with van der Waals surface area (Å²) >= 11 is 0. The first-order chi connectivity index (χ1) is 21.0. The summed E-state index contributed by atoms with van der Waals surface area (Å²) in [6.45, 7) is 10.4. The molecule has 1 aliphatic heterocycles. The van der Waals surface area contributed by atoms with Crippen LogP contribution in [0.2, 0.25) is 0 Å². The highest BCUT2D eigenvalue weighted by Crippen LogP contribution is 2.35. The number of aliphatic carboxylic acids is 1. The van der Waals surface area contributed by atoms with Gasteiger partial charge in [-0.2, -0.15) is 0 Å². The van der Waals surface area contributed by atoms with Gasteiger partial charge in [0.2, 0.25) is 0 Å². The monoisotopic (exact) mass is 621 g/mol. The topological polar surface area (TPSA) is 126 Å². The van der Waals surface area contributed by atoms with Crippen LogP contribution in [0, 0.1) is 11.3 Å². The number of carbonyl (C=O) groups excluding carboxylic acids is 2. The molecule has 254 valence electrons. The lowest BCUT2D eigenvalue weighted by Crippen LogP contribution is -2.61. The van der Waals surface area contributed by atoms with Crippen molar-refractivity contribution < 1.29 is 29.0 Å². The molecule has 0 spiro atoms. The molecular formula is C35H63N3O6. The summed E-state index contributed by atoms with van der Waals surface area (Å²) in [5, 5.41) is 18.8. The lowest BCUT2D eigenvalue weighted by atomic mass is 9.79. The Bertz CT molecular complexity index is 890. The fourth-order valence-electron chi connectivity index (χ4n) is 6.26. The van der Waals surface area contributed by atoms with Gasteiger partial charge in [0.1, 0.15) is 12.1 Å². The third-order valence-corrected chi connectivity index (χ3v) is 8.99. The molecule has 0 bridgehead atoms. The predicted molar refractivity (Wildman–Crippen MR) is 175 cm³/mol. The minimum Gasteiger partial charge on any atom is -0.480 e. The van der Waals surface area contributed by atoms with Crippen molar-refractivity contribution in [2.75, 3.05) is 13.2 Å². The fourth-order valence-corrected chi connectivity index (χ4v) is 6.26. The second-order valence-corrected chi connectivity index (χ2v) is 14.0. The molecule has 2 rings (SSSR count). The number of unbranched alkanes of at least 4 members (excludes halogenated alkanes) is 11. The molecule has 4 N–H and O–H groups in total. The largest absolute Gasteiger partial charge is 0.480 e. The van der Waals surface area contributed by atoms with E-state index in [0.29, 0.717) is 26.0 Å². The van der Waals surface area contributed by atoms with Crippen LogP contribution in [-0.4, -0.2) is 60.1 Å². The summed E-state index contributed by atoms with van der Waals surface area (Å²) in [5.74, 6) is -2.91. The average molecular weight is 622 g/mol. The van der Waals surface area contributed by atoms with Gasteiger partial charge < -0.3 is 30.5 Å². The van der Waals surface area contributed by atoms with Gasteiger partial charge in [-0.05, 0) is 58.8 Å². The average Bonchev–Trinajstić information content (AvgIpc) is 2.97. The summed E-state index contributed by atoms with van der Waals surface area (Å²) in [5.41, 5.74) is -0.614. The van der Waals surface area contributed by atoms with E-state index in [1.807, 2.05) is 13.8 Å². The van der Waals surface area contributed by atoms with Gasteiger partial charge in [-0.1, -0.05) is 97.1 Å². The van der Waals surface area contributed by atoms with Gasteiger partial charge in [0.15, 0.2) is 5.79 Å². The molecule has 1 saturated carbocycles. The maximum absolute atomic E-state index is 13.3. The molecule has 9 heteroatoms. The maximum atomic E-state index is 13.3. The molecular weight excluding hydrogens is 558 g/mol. The lowest BCUT2D eigenvalue weighted by Gasteiger charge is -2.45. The number of carboxylic acid groups (broad SMARTS) is 1. The molecule has 0 aromatic carbocycles. The number of nitrogens with one attached hydrogen (secondary N) is 3. The van der Waals surface area contributed by atoms with Crippen LogP contribution in [-0.2, 0) is 19.1 Å². The summed E-state index contributed by atoms with van der Waals surface area (Å²) < 4.78 is 11.6. The molecule has 9 nitrogen and oxygen atoms in total. The summed E-state index contributed by atoms with van der Waals surface area (Å²) in [6.07, 6.45) is 22.8. The summed E-state index contributed by atoms with van der Waals surface area (Å²) in [7, 11) is 0. The van der Waals surface area contributed by atoms with Crippen molar-refractivity contribution >= 4 is 17.9 Å². The van der Waals surface area contributed by atoms with E-state index in [4.69, 9.17) is 9.47 Å². The van der Waals surface area contributed by atoms with E-state index in [0.717, 1.165) is 38.5 Å². The van der Waals surface area contributed by atoms with Crippen LogP contribution in [0.1, 0.15) is 144 Å². The van der Waals surface area contributed by atoms with Crippen LogP contribution in [0.3, 0.4) is 0 Å². The van der Waals surface area contributed by atoms with E-state index < -0.39 is 41.1 Å². The Kier molecular flexibility index (Phi) is 17.4. The van der Waals surface area contributed by atoms with Crippen LogP contribution >= 0.6 is 0 Å². The van der Waals surface area contributed by atoms with Crippen molar-refractivity contribution in [3.05, 3.63) is 12.2 Å². The van der Waals surface area contributed by atoms with Crippen molar-refractivity contribution in [2.45, 2.75) is 168 Å². The van der Waals surface area contributed by atoms with E-state index >= 15 is 0 Å². The molecule has 4 unspecified atom stereocenters. The minimum absolute atomic E-state index is 0.275. The number of rotatable bonds is 20. The Balaban J connectivity index is 1.68. The van der Waals surface area contributed by atoms with Gasteiger partial charge in [-0.3, -0.25) is 4.79 Å². The number of amides is 3. The van der Waals surface area contributed by atoms with E-state index in [-0.39, 0.29) is 12.1 Å². The number of carbonyl (C=O) groups is 3. The van der Waals surface area contributed by atoms with E-state index in [1.165, 1.54) is 57.8 Å². The van der Waals surface area contributed by atoms with E-state index in [9.17, 15) is 19.5 Å². The number of allylic oxidation sites excluding steroid dienone is 2. The molecule has 1 saturated heterocycles. The van der Waals surface area contributed by atoms with Crippen molar-refractivity contribution in [2.24, 2.45) is 11.3 Å². The van der Waals surface area contributed by atoms with Crippen molar-refractivity contribution in [1.29, 1.82) is 0 Å². The first kappa shape index (κ1) is 38.1. The molecule has 0 aromatic heterocycles. The maximum Gasteiger partial charge on any atom is 0.326 e. The third-order valence-electron chi connectivity index (χ3n) is 8.99. The molecule has 2 fully saturated rings. The number of hydrogen-bond donors (Lipinski definition) is 4. The highest BCUT2D eigenvalue weighted by Gasteiger charge is 2.47. The van der Waals surface area contributed by atoms with E-state index in [1.54, 1.807) is 13.8 Å². The van der Waals surface area contributed by atoms with Crippen molar-refractivity contribution in [1.82, 2.24) is 16.0 Å². The van der Waals surface area contributed by atoms with Crippen molar-refractivity contribution in [3.8, 4) is 0 Å². The molecule has 1 heterocycles.